The minimum atomic E-state index is -0.480. The Morgan fingerprint density at radius 3 is 2.92 bits per heavy atom. The molecule has 25 heavy (non-hydrogen) atoms. The van der Waals surface area contributed by atoms with E-state index in [4.69, 9.17) is 9.47 Å². The van der Waals surface area contributed by atoms with Gasteiger partial charge in [0, 0.05) is 25.3 Å². The molecule has 2 heterocycles. The minimum absolute atomic E-state index is 0.0399. The predicted molar refractivity (Wildman–Crippen MR) is 96.6 cm³/mol. The summed E-state index contributed by atoms with van der Waals surface area (Å²) in [5, 5.41) is 7.79. The summed E-state index contributed by atoms with van der Waals surface area (Å²) in [6, 6.07) is 0.311. The Hall–Kier alpha value is -1.60. The molecule has 0 aliphatic carbocycles. The fourth-order valence-corrected chi connectivity index (χ4v) is 2.92. The van der Waals surface area contributed by atoms with Crippen LogP contribution in [0.2, 0.25) is 0 Å². The largest absolute Gasteiger partial charge is 0.444 e. The minimum Gasteiger partial charge on any atom is -0.444 e. The van der Waals surface area contributed by atoms with Crippen molar-refractivity contribution in [2.24, 2.45) is 0 Å². The SMILES string of the molecule is Cc1cnn(CCNC(C)CC2COCCN2C(=O)OC(C)(C)C)c1. The van der Waals surface area contributed by atoms with Crippen LogP contribution < -0.4 is 5.32 Å². The van der Waals surface area contributed by atoms with Crippen molar-refractivity contribution < 1.29 is 14.3 Å². The number of morpholine rings is 1. The molecule has 1 amide bonds. The van der Waals surface area contributed by atoms with Gasteiger partial charge in [-0.1, -0.05) is 0 Å². The highest BCUT2D eigenvalue weighted by Crippen LogP contribution is 2.17. The topological polar surface area (TPSA) is 68.6 Å². The number of rotatable bonds is 6. The average Bonchev–Trinajstić information content (AvgIpc) is 2.91. The fourth-order valence-electron chi connectivity index (χ4n) is 2.92. The Morgan fingerprint density at radius 2 is 2.28 bits per heavy atom. The summed E-state index contributed by atoms with van der Waals surface area (Å²) in [4.78, 5) is 14.2. The molecule has 1 aromatic heterocycles. The highest BCUT2D eigenvalue weighted by molar-refractivity contribution is 5.68. The molecule has 142 valence electrons. The van der Waals surface area contributed by atoms with Gasteiger partial charge in [0.1, 0.15) is 5.60 Å². The van der Waals surface area contributed by atoms with Crippen LogP contribution in [-0.2, 0) is 16.0 Å². The van der Waals surface area contributed by atoms with E-state index in [1.54, 1.807) is 0 Å². The van der Waals surface area contributed by atoms with E-state index in [0.29, 0.717) is 19.8 Å². The molecule has 0 radical (unpaired) electrons. The van der Waals surface area contributed by atoms with Crippen LogP contribution in [0.25, 0.3) is 0 Å². The van der Waals surface area contributed by atoms with E-state index < -0.39 is 5.60 Å². The smallest absolute Gasteiger partial charge is 0.410 e. The Balaban J connectivity index is 1.80. The van der Waals surface area contributed by atoms with Crippen molar-refractivity contribution >= 4 is 6.09 Å². The molecule has 1 saturated heterocycles. The second-order valence-electron chi connectivity index (χ2n) is 7.77. The summed E-state index contributed by atoms with van der Waals surface area (Å²) in [7, 11) is 0. The number of hydrogen-bond donors (Lipinski definition) is 1. The lowest BCUT2D eigenvalue weighted by molar-refractivity contribution is -0.0355. The zero-order valence-electron chi connectivity index (χ0n) is 16.1. The van der Waals surface area contributed by atoms with Gasteiger partial charge in [-0.2, -0.15) is 5.10 Å². The average molecular weight is 352 g/mol. The Morgan fingerprint density at radius 1 is 1.52 bits per heavy atom. The summed E-state index contributed by atoms with van der Waals surface area (Å²) < 4.78 is 13.0. The van der Waals surface area contributed by atoms with Gasteiger partial charge in [-0.05, 0) is 46.6 Å². The second-order valence-corrected chi connectivity index (χ2v) is 7.77. The first kappa shape index (κ1) is 19.7. The van der Waals surface area contributed by atoms with Crippen molar-refractivity contribution in [2.75, 3.05) is 26.3 Å². The second kappa shape index (κ2) is 8.67. The number of ether oxygens (including phenoxy) is 2. The van der Waals surface area contributed by atoms with E-state index in [2.05, 4.69) is 17.3 Å². The molecule has 0 saturated carbocycles. The molecule has 1 N–H and O–H groups in total. The Bertz CT molecular complexity index is 553. The molecule has 1 aliphatic rings. The van der Waals surface area contributed by atoms with Gasteiger partial charge in [-0.3, -0.25) is 4.68 Å². The third-order valence-electron chi connectivity index (χ3n) is 4.08. The fraction of sp³-hybridized carbons (Fsp3) is 0.778. The maximum Gasteiger partial charge on any atom is 0.410 e. The molecule has 2 unspecified atom stereocenters. The summed E-state index contributed by atoms with van der Waals surface area (Å²) >= 11 is 0. The standard InChI is InChI=1S/C18H32N4O3/c1-14-11-20-21(12-14)7-6-19-15(2)10-16-13-24-9-8-22(16)17(23)25-18(3,4)5/h11-12,15-16,19H,6-10,13H2,1-5H3. The van der Waals surface area contributed by atoms with E-state index in [1.807, 2.05) is 49.7 Å². The summed E-state index contributed by atoms with van der Waals surface area (Å²) in [6.45, 7) is 13.2. The van der Waals surface area contributed by atoms with Gasteiger partial charge in [0.2, 0.25) is 0 Å². The number of amides is 1. The third-order valence-corrected chi connectivity index (χ3v) is 4.08. The Kier molecular flexibility index (Phi) is 6.84. The molecule has 0 spiro atoms. The van der Waals surface area contributed by atoms with Gasteiger partial charge >= 0.3 is 6.09 Å². The van der Waals surface area contributed by atoms with E-state index in [0.717, 1.165) is 19.5 Å². The highest BCUT2D eigenvalue weighted by atomic mass is 16.6. The molecule has 7 nitrogen and oxygen atoms in total. The lowest BCUT2D eigenvalue weighted by atomic mass is 10.1. The van der Waals surface area contributed by atoms with Gasteiger partial charge in [0.05, 0.1) is 32.0 Å². The molecule has 0 bridgehead atoms. The Labute approximate surface area is 150 Å². The molecule has 0 aromatic carbocycles. The number of nitrogens with one attached hydrogen (secondary N) is 1. The molecule has 1 fully saturated rings. The van der Waals surface area contributed by atoms with Gasteiger partial charge in [0.15, 0.2) is 0 Å². The number of aromatic nitrogens is 2. The van der Waals surface area contributed by atoms with Crippen molar-refractivity contribution in [3.63, 3.8) is 0 Å². The molecular formula is C18H32N4O3. The first-order chi connectivity index (χ1) is 11.7. The number of carbonyl (C=O) groups is 1. The van der Waals surface area contributed by atoms with Crippen molar-refractivity contribution in [1.82, 2.24) is 20.0 Å². The molecule has 2 rings (SSSR count). The normalized spacial score (nSPS) is 19.7. The van der Waals surface area contributed by atoms with Gasteiger partial charge in [0.25, 0.3) is 0 Å². The predicted octanol–water partition coefficient (Wildman–Crippen LogP) is 2.20. The van der Waals surface area contributed by atoms with Crippen molar-refractivity contribution in [3.05, 3.63) is 18.0 Å². The first-order valence-corrected chi connectivity index (χ1v) is 9.04. The third kappa shape index (κ3) is 6.66. The van der Waals surface area contributed by atoms with Crippen LogP contribution >= 0.6 is 0 Å². The molecule has 2 atom stereocenters. The summed E-state index contributed by atoms with van der Waals surface area (Å²) in [5.41, 5.74) is 0.687. The van der Waals surface area contributed by atoms with Crippen LogP contribution in [0.1, 0.15) is 39.7 Å². The summed E-state index contributed by atoms with van der Waals surface area (Å²) in [5.74, 6) is 0. The first-order valence-electron chi connectivity index (χ1n) is 9.04. The van der Waals surface area contributed by atoms with Crippen molar-refractivity contribution in [3.8, 4) is 0 Å². The number of aryl methyl sites for hydroxylation is 1. The number of carbonyl (C=O) groups excluding carboxylic acids is 1. The maximum atomic E-state index is 12.4. The van der Waals surface area contributed by atoms with Crippen LogP contribution in [0.5, 0.6) is 0 Å². The van der Waals surface area contributed by atoms with Gasteiger partial charge < -0.3 is 19.7 Å². The van der Waals surface area contributed by atoms with Gasteiger partial charge in [-0.15, -0.1) is 0 Å². The zero-order valence-corrected chi connectivity index (χ0v) is 16.1. The monoisotopic (exact) mass is 352 g/mol. The highest BCUT2D eigenvalue weighted by Gasteiger charge is 2.31. The van der Waals surface area contributed by atoms with Crippen LogP contribution in [0.4, 0.5) is 4.79 Å². The van der Waals surface area contributed by atoms with Crippen molar-refractivity contribution in [1.29, 1.82) is 0 Å². The lowest BCUT2D eigenvalue weighted by Gasteiger charge is -2.37. The lowest BCUT2D eigenvalue weighted by Crippen LogP contribution is -2.52. The maximum absolute atomic E-state index is 12.4. The quantitative estimate of drug-likeness (QED) is 0.850. The van der Waals surface area contributed by atoms with Crippen LogP contribution in [-0.4, -0.2) is 64.8 Å². The van der Waals surface area contributed by atoms with E-state index in [-0.39, 0.29) is 18.2 Å². The molecular weight excluding hydrogens is 320 g/mol. The van der Waals surface area contributed by atoms with Crippen LogP contribution in [0.3, 0.4) is 0 Å². The van der Waals surface area contributed by atoms with E-state index in [1.165, 1.54) is 5.56 Å². The molecule has 7 heteroatoms. The van der Waals surface area contributed by atoms with E-state index >= 15 is 0 Å². The number of hydrogen-bond acceptors (Lipinski definition) is 5. The molecule has 1 aromatic rings. The molecule has 1 aliphatic heterocycles. The van der Waals surface area contributed by atoms with Crippen LogP contribution in [0, 0.1) is 6.92 Å². The van der Waals surface area contributed by atoms with E-state index in [9.17, 15) is 4.79 Å². The van der Waals surface area contributed by atoms with Crippen molar-refractivity contribution in [2.45, 2.75) is 65.3 Å². The zero-order chi connectivity index (χ0) is 18.4. The number of nitrogens with zero attached hydrogens (tertiary/aromatic N) is 3. The van der Waals surface area contributed by atoms with Crippen LogP contribution in [0.15, 0.2) is 12.4 Å². The summed E-state index contributed by atoms with van der Waals surface area (Å²) in [6.07, 6.45) is 4.48. The van der Waals surface area contributed by atoms with Gasteiger partial charge in [-0.25, -0.2) is 4.79 Å².